The van der Waals surface area contributed by atoms with Crippen LogP contribution in [-0.4, -0.2) is 25.8 Å². The molecule has 0 saturated carbocycles. The first-order chi connectivity index (χ1) is 9.19. The van der Waals surface area contributed by atoms with Crippen LogP contribution < -0.4 is 5.32 Å². The van der Waals surface area contributed by atoms with Gasteiger partial charge in [-0.3, -0.25) is 0 Å². The lowest BCUT2D eigenvalue weighted by atomic mass is 9.97. The van der Waals surface area contributed by atoms with Crippen LogP contribution in [0.25, 0.3) is 0 Å². The van der Waals surface area contributed by atoms with Crippen LogP contribution in [0.5, 0.6) is 0 Å². The molecular formula is C15H21ClFNO. The lowest BCUT2D eigenvalue weighted by Gasteiger charge is -2.27. The predicted molar refractivity (Wildman–Crippen MR) is 76.2 cm³/mol. The van der Waals surface area contributed by atoms with Crippen molar-refractivity contribution < 1.29 is 9.13 Å². The minimum Gasteiger partial charge on any atom is -0.378 e. The molecule has 1 aliphatic heterocycles. The third-order valence-electron chi connectivity index (χ3n) is 3.71. The summed E-state index contributed by atoms with van der Waals surface area (Å²) >= 11 is 5.77. The van der Waals surface area contributed by atoms with E-state index in [1.54, 1.807) is 12.1 Å². The van der Waals surface area contributed by atoms with E-state index in [2.05, 4.69) is 5.32 Å². The SMILES string of the molecule is CNC(Cc1ccc(Cl)cc1F)CC1CCCCO1. The molecule has 1 saturated heterocycles. The lowest BCUT2D eigenvalue weighted by Crippen LogP contribution is -2.34. The Morgan fingerprint density at radius 3 is 2.95 bits per heavy atom. The standard InChI is InChI=1S/C15H21ClFNO/c1-18-13(10-14-4-2-3-7-19-14)8-11-5-6-12(16)9-15(11)17/h5-6,9,13-14,18H,2-4,7-8,10H2,1H3. The summed E-state index contributed by atoms with van der Waals surface area (Å²) in [5, 5.41) is 3.70. The summed E-state index contributed by atoms with van der Waals surface area (Å²) in [4.78, 5) is 0. The molecule has 4 heteroatoms. The number of benzene rings is 1. The molecule has 1 N–H and O–H groups in total. The van der Waals surface area contributed by atoms with Gasteiger partial charge in [-0.15, -0.1) is 0 Å². The molecule has 0 bridgehead atoms. The zero-order chi connectivity index (χ0) is 13.7. The highest BCUT2D eigenvalue weighted by atomic mass is 35.5. The van der Waals surface area contributed by atoms with Crippen molar-refractivity contribution in [2.24, 2.45) is 0 Å². The fourth-order valence-electron chi connectivity index (χ4n) is 2.57. The minimum atomic E-state index is -0.225. The maximum absolute atomic E-state index is 13.8. The number of halogens is 2. The van der Waals surface area contributed by atoms with Crippen molar-refractivity contribution in [3.63, 3.8) is 0 Å². The average Bonchev–Trinajstić information content (AvgIpc) is 2.42. The van der Waals surface area contributed by atoms with E-state index in [4.69, 9.17) is 16.3 Å². The number of hydrogen-bond donors (Lipinski definition) is 1. The van der Waals surface area contributed by atoms with E-state index in [0.29, 0.717) is 23.1 Å². The first-order valence-corrected chi connectivity index (χ1v) is 7.29. The van der Waals surface area contributed by atoms with Gasteiger partial charge in [0.05, 0.1) is 6.10 Å². The van der Waals surface area contributed by atoms with Crippen LogP contribution in [0.2, 0.25) is 5.02 Å². The highest BCUT2D eigenvalue weighted by Gasteiger charge is 2.19. The summed E-state index contributed by atoms with van der Waals surface area (Å²) in [6.07, 6.45) is 5.41. The Kier molecular flexibility index (Phi) is 5.61. The molecule has 2 nitrogen and oxygen atoms in total. The quantitative estimate of drug-likeness (QED) is 0.893. The Morgan fingerprint density at radius 1 is 1.47 bits per heavy atom. The van der Waals surface area contributed by atoms with E-state index in [-0.39, 0.29) is 11.9 Å². The minimum absolute atomic E-state index is 0.225. The van der Waals surface area contributed by atoms with Crippen molar-refractivity contribution in [3.8, 4) is 0 Å². The molecule has 2 unspecified atom stereocenters. The van der Waals surface area contributed by atoms with Crippen LogP contribution >= 0.6 is 11.6 Å². The second-order valence-corrected chi connectivity index (χ2v) is 5.59. The molecule has 0 aromatic heterocycles. The van der Waals surface area contributed by atoms with Gasteiger partial charge in [0.2, 0.25) is 0 Å². The number of hydrogen-bond acceptors (Lipinski definition) is 2. The van der Waals surface area contributed by atoms with E-state index >= 15 is 0 Å². The van der Waals surface area contributed by atoms with Gasteiger partial charge in [0.15, 0.2) is 0 Å². The monoisotopic (exact) mass is 285 g/mol. The zero-order valence-corrected chi connectivity index (χ0v) is 12.0. The molecule has 0 radical (unpaired) electrons. The van der Waals surface area contributed by atoms with E-state index in [1.807, 2.05) is 7.05 Å². The smallest absolute Gasteiger partial charge is 0.127 e. The molecular weight excluding hydrogens is 265 g/mol. The molecule has 106 valence electrons. The summed E-state index contributed by atoms with van der Waals surface area (Å²) < 4.78 is 19.5. The Morgan fingerprint density at radius 2 is 2.32 bits per heavy atom. The fourth-order valence-corrected chi connectivity index (χ4v) is 2.73. The second kappa shape index (κ2) is 7.22. The van der Waals surface area contributed by atoms with Crippen molar-refractivity contribution in [3.05, 3.63) is 34.6 Å². The first kappa shape index (κ1) is 14.8. The zero-order valence-electron chi connectivity index (χ0n) is 11.3. The molecule has 1 aliphatic rings. The Hall–Kier alpha value is -0.640. The van der Waals surface area contributed by atoms with Gasteiger partial charge in [0.25, 0.3) is 0 Å². The van der Waals surface area contributed by atoms with Gasteiger partial charge in [-0.05, 0) is 56.8 Å². The van der Waals surface area contributed by atoms with Crippen LogP contribution in [0.15, 0.2) is 18.2 Å². The van der Waals surface area contributed by atoms with Crippen molar-refractivity contribution >= 4 is 11.6 Å². The van der Waals surface area contributed by atoms with Crippen molar-refractivity contribution in [2.75, 3.05) is 13.7 Å². The molecule has 1 fully saturated rings. The van der Waals surface area contributed by atoms with E-state index in [1.165, 1.54) is 12.5 Å². The second-order valence-electron chi connectivity index (χ2n) is 5.15. The molecule has 0 amide bonds. The van der Waals surface area contributed by atoms with Crippen LogP contribution in [0.3, 0.4) is 0 Å². The van der Waals surface area contributed by atoms with Crippen molar-refractivity contribution in [1.29, 1.82) is 0 Å². The lowest BCUT2D eigenvalue weighted by molar-refractivity contribution is 0.00564. The van der Waals surface area contributed by atoms with Gasteiger partial charge in [-0.1, -0.05) is 17.7 Å². The van der Waals surface area contributed by atoms with E-state index in [0.717, 1.165) is 25.9 Å². The normalized spacial score (nSPS) is 21.3. The number of rotatable bonds is 5. The van der Waals surface area contributed by atoms with Crippen molar-refractivity contribution in [1.82, 2.24) is 5.32 Å². The van der Waals surface area contributed by atoms with Gasteiger partial charge in [-0.25, -0.2) is 4.39 Å². The fraction of sp³-hybridized carbons (Fsp3) is 0.600. The van der Waals surface area contributed by atoms with Gasteiger partial charge in [0, 0.05) is 17.7 Å². The molecule has 1 heterocycles. The van der Waals surface area contributed by atoms with Gasteiger partial charge < -0.3 is 10.1 Å². The Balaban J connectivity index is 1.94. The highest BCUT2D eigenvalue weighted by molar-refractivity contribution is 6.30. The van der Waals surface area contributed by atoms with Crippen LogP contribution in [-0.2, 0) is 11.2 Å². The number of ether oxygens (including phenoxy) is 1. The Bertz CT molecular complexity index is 407. The molecule has 0 spiro atoms. The van der Waals surface area contributed by atoms with Crippen LogP contribution in [0.4, 0.5) is 4.39 Å². The predicted octanol–water partition coefficient (Wildman–Crippen LogP) is 3.57. The summed E-state index contributed by atoms with van der Waals surface area (Å²) in [5.41, 5.74) is 0.708. The van der Waals surface area contributed by atoms with E-state index < -0.39 is 0 Å². The van der Waals surface area contributed by atoms with Gasteiger partial charge in [-0.2, -0.15) is 0 Å². The Labute approximate surface area is 119 Å². The third-order valence-corrected chi connectivity index (χ3v) is 3.95. The van der Waals surface area contributed by atoms with Crippen molar-refractivity contribution in [2.45, 2.75) is 44.2 Å². The van der Waals surface area contributed by atoms with Gasteiger partial charge in [0.1, 0.15) is 5.82 Å². The van der Waals surface area contributed by atoms with Crippen LogP contribution in [0.1, 0.15) is 31.2 Å². The summed E-state index contributed by atoms with van der Waals surface area (Å²) in [6.45, 7) is 0.858. The summed E-state index contributed by atoms with van der Waals surface area (Å²) in [7, 11) is 1.92. The van der Waals surface area contributed by atoms with Crippen LogP contribution in [0, 0.1) is 5.82 Å². The molecule has 2 rings (SSSR count). The molecule has 1 aromatic rings. The topological polar surface area (TPSA) is 21.3 Å². The maximum Gasteiger partial charge on any atom is 0.127 e. The molecule has 1 aromatic carbocycles. The molecule has 2 atom stereocenters. The molecule has 19 heavy (non-hydrogen) atoms. The largest absolute Gasteiger partial charge is 0.378 e. The average molecular weight is 286 g/mol. The summed E-state index contributed by atoms with van der Waals surface area (Å²) in [6, 6.07) is 5.12. The third kappa shape index (κ3) is 4.44. The number of nitrogens with one attached hydrogen (secondary N) is 1. The first-order valence-electron chi connectivity index (χ1n) is 6.92. The summed E-state index contributed by atoms with van der Waals surface area (Å²) in [5.74, 6) is -0.225. The van der Waals surface area contributed by atoms with E-state index in [9.17, 15) is 4.39 Å². The highest BCUT2D eigenvalue weighted by Crippen LogP contribution is 2.21. The molecule has 0 aliphatic carbocycles. The maximum atomic E-state index is 13.8. The number of likely N-dealkylation sites (N-methyl/N-ethyl adjacent to an activating group) is 1. The van der Waals surface area contributed by atoms with Gasteiger partial charge >= 0.3 is 0 Å².